The molecule has 96 valence electrons. The van der Waals surface area contributed by atoms with Gasteiger partial charge < -0.3 is 9.47 Å². The Hall–Kier alpha value is -0.610. The minimum atomic E-state index is -0.148. The van der Waals surface area contributed by atoms with Crippen LogP contribution in [0.15, 0.2) is 0 Å². The highest BCUT2D eigenvalue weighted by Gasteiger charge is 2.18. The van der Waals surface area contributed by atoms with Crippen LogP contribution in [0, 0.1) is 0 Å². The molecule has 0 unspecified atom stereocenters. The lowest BCUT2D eigenvalue weighted by molar-refractivity contribution is -0.145. The van der Waals surface area contributed by atoms with Crippen molar-refractivity contribution in [3.8, 4) is 0 Å². The third kappa shape index (κ3) is 6.08. The van der Waals surface area contributed by atoms with Crippen molar-refractivity contribution >= 4 is 5.97 Å². The molecule has 0 saturated carbocycles. The van der Waals surface area contributed by atoms with Crippen molar-refractivity contribution in [1.29, 1.82) is 0 Å². The van der Waals surface area contributed by atoms with Crippen molar-refractivity contribution in [2.45, 2.75) is 39.7 Å². The van der Waals surface area contributed by atoms with Gasteiger partial charge in [-0.1, -0.05) is 13.8 Å². The molecule has 0 bridgehead atoms. The van der Waals surface area contributed by atoms with Gasteiger partial charge in [0.05, 0.1) is 19.8 Å². The highest BCUT2D eigenvalue weighted by atomic mass is 16.5. The molecule has 4 nitrogen and oxygen atoms in total. The number of methoxy groups -OCH3 is 1. The topological polar surface area (TPSA) is 38.8 Å². The number of rotatable bonds is 9. The lowest BCUT2D eigenvalue weighted by Crippen LogP contribution is -2.41. The molecule has 0 spiro atoms. The molecule has 4 heteroatoms. The SMILES string of the molecule is CCOC(=O)CN(CCOC)C(CC)CC. The Morgan fingerprint density at radius 3 is 2.31 bits per heavy atom. The fourth-order valence-electron chi connectivity index (χ4n) is 1.78. The van der Waals surface area contributed by atoms with Gasteiger partial charge >= 0.3 is 5.97 Å². The molecule has 0 radical (unpaired) electrons. The van der Waals surface area contributed by atoms with Crippen molar-refractivity contribution in [2.24, 2.45) is 0 Å². The summed E-state index contributed by atoms with van der Waals surface area (Å²) in [7, 11) is 1.68. The molecule has 0 N–H and O–H groups in total. The summed E-state index contributed by atoms with van der Waals surface area (Å²) in [5.74, 6) is -0.148. The Morgan fingerprint density at radius 1 is 1.25 bits per heavy atom. The summed E-state index contributed by atoms with van der Waals surface area (Å²) in [5.41, 5.74) is 0. The number of carbonyl (C=O) groups is 1. The lowest BCUT2D eigenvalue weighted by atomic mass is 10.1. The van der Waals surface area contributed by atoms with Crippen LogP contribution in [0.4, 0.5) is 0 Å². The van der Waals surface area contributed by atoms with E-state index in [4.69, 9.17) is 9.47 Å². The van der Waals surface area contributed by atoms with Gasteiger partial charge in [-0.15, -0.1) is 0 Å². The van der Waals surface area contributed by atoms with E-state index in [1.54, 1.807) is 7.11 Å². The van der Waals surface area contributed by atoms with E-state index < -0.39 is 0 Å². The van der Waals surface area contributed by atoms with E-state index in [9.17, 15) is 4.79 Å². The second-order valence-electron chi connectivity index (χ2n) is 3.74. The van der Waals surface area contributed by atoms with Crippen LogP contribution in [-0.2, 0) is 14.3 Å². The van der Waals surface area contributed by atoms with Gasteiger partial charge in [0.15, 0.2) is 0 Å². The van der Waals surface area contributed by atoms with Gasteiger partial charge in [0.2, 0.25) is 0 Å². The van der Waals surface area contributed by atoms with Crippen LogP contribution in [0.25, 0.3) is 0 Å². The molecule has 0 aliphatic rings. The predicted molar refractivity (Wildman–Crippen MR) is 64.5 cm³/mol. The van der Waals surface area contributed by atoms with Crippen LogP contribution in [0.3, 0.4) is 0 Å². The predicted octanol–water partition coefficient (Wildman–Crippen LogP) is 1.69. The van der Waals surface area contributed by atoms with Gasteiger partial charge in [0.1, 0.15) is 0 Å². The first-order chi connectivity index (χ1) is 7.69. The minimum absolute atomic E-state index is 0.148. The molecule has 0 rings (SSSR count). The van der Waals surface area contributed by atoms with Crippen molar-refractivity contribution in [3.63, 3.8) is 0 Å². The molecular formula is C12H25NO3. The van der Waals surface area contributed by atoms with Crippen LogP contribution < -0.4 is 0 Å². The molecule has 0 aromatic carbocycles. The largest absolute Gasteiger partial charge is 0.465 e. The second kappa shape index (κ2) is 9.60. The normalized spacial score (nSPS) is 11.1. The van der Waals surface area contributed by atoms with E-state index >= 15 is 0 Å². The highest BCUT2D eigenvalue weighted by molar-refractivity contribution is 5.71. The molecule has 0 aliphatic carbocycles. The molecule has 16 heavy (non-hydrogen) atoms. The maximum absolute atomic E-state index is 11.4. The first kappa shape index (κ1) is 15.4. The van der Waals surface area contributed by atoms with Crippen LogP contribution in [0.2, 0.25) is 0 Å². The number of hydrogen-bond donors (Lipinski definition) is 0. The van der Waals surface area contributed by atoms with Crippen molar-refractivity contribution in [3.05, 3.63) is 0 Å². The van der Waals surface area contributed by atoms with Gasteiger partial charge in [-0.05, 0) is 19.8 Å². The van der Waals surface area contributed by atoms with E-state index in [0.29, 0.717) is 25.8 Å². The monoisotopic (exact) mass is 231 g/mol. The summed E-state index contributed by atoms with van der Waals surface area (Å²) in [6, 6.07) is 0.430. The third-order valence-electron chi connectivity index (χ3n) is 2.68. The highest BCUT2D eigenvalue weighted by Crippen LogP contribution is 2.08. The van der Waals surface area contributed by atoms with E-state index in [-0.39, 0.29) is 5.97 Å². The Labute approximate surface area is 98.9 Å². The standard InChI is InChI=1S/C12H25NO3/c1-5-11(6-2)13(8-9-15-4)10-12(14)16-7-3/h11H,5-10H2,1-4H3. The Bertz CT molecular complexity index is 181. The summed E-state index contributed by atoms with van der Waals surface area (Å²) >= 11 is 0. The van der Waals surface area contributed by atoms with Crippen LogP contribution >= 0.6 is 0 Å². The maximum Gasteiger partial charge on any atom is 0.320 e. The van der Waals surface area contributed by atoms with Crippen LogP contribution in [-0.4, -0.2) is 50.3 Å². The van der Waals surface area contributed by atoms with E-state index in [2.05, 4.69) is 18.7 Å². The maximum atomic E-state index is 11.4. The van der Waals surface area contributed by atoms with E-state index in [1.165, 1.54) is 0 Å². The first-order valence-corrected chi connectivity index (χ1v) is 6.08. The number of esters is 1. The van der Waals surface area contributed by atoms with Gasteiger partial charge in [0.25, 0.3) is 0 Å². The zero-order valence-electron chi connectivity index (χ0n) is 11.0. The summed E-state index contributed by atoms with van der Waals surface area (Å²) in [4.78, 5) is 13.6. The van der Waals surface area contributed by atoms with Gasteiger partial charge in [0, 0.05) is 19.7 Å². The molecule has 0 aromatic rings. The van der Waals surface area contributed by atoms with Gasteiger partial charge in [-0.3, -0.25) is 9.69 Å². The van der Waals surface area contributed by atoms with Crippen LogP contribution in [0.1, 0.15) is 33.6 Å². The molecule has 0 aromatic heterocycles. The summed E-state index contributed by atoms with van der Waals surface area (Å²) < 4.78 is 10.0. The zero-order chi connectivity index (χ0) is 12.4. The fourth-order valence-corrected chi connectivity index (χ4v) is 1.78. The van der Waals surface area contributed by atoms with Gasteiger partial charge in [-0.2, -0.15) is 0 Å². The van der Waals surface area contributed by atoms with Crippen molar-refractivity contribution in [2.75, 3.05) is 33.4 Å². The second-order valence-corrected chi connectivity index (χ2v) is 3.74. The molecule has 0 fully saturated rings. The minimum Gasteiger partial charge on any atom is -0.465 e. The number of carbonyl (C=O) groups excluding carboxylic acids is 1. The average Bonchev–Trinajstić information content (AvgIpc) is 2.27. The number of hydrogen-bond acceptors (Lipinski definition) is 4. The molecule has 0 heterocycles. The van der Waals surface area contributed by atoms with E-state index in [1.807, 2.05) is 6.92 Å². The summed E-state index contributed by atoms with van der Waals surface area (Å²) in [6.07, 6.45) is 2.08. The number of nitrogens with zero attached hydrogens (tertiary/aromatic N) is 1. The summed E-state index contributed by atoms with van der Waals surface area (Å²) in [5, 5.41) is 0. The smallest absolute Gasteiger partial charge is 0.320 e. The van der Waals surface area contributed by atoms with Gasteiger partial charge in [-0.25, -0.2) is 0 Å². The molecule has 0 aliphatic heterocycles. The van der Waals surface area contributed by atoms with Crippen LogP contribution in [0.5, 0.6) is 0 Å². The Balaban J connectivity index is 4.22. The number of ether oxygens (including phenoxy) is 2. The fraction of sp³-hybridized carbons (Fsp3) is 0.917. The molecule has 0 atom stereocenters. The average molecular weight is 231 g/mol. The first-order valence-electron chi connectivity index (χ1n) is 6.08. The van der Waals surface area contributed by atoms with E-state index in [0.717, 1.165) is 19.4 Å². The van der Waals surface area contributed by atoms with Crippen molar-refractivity contribution < 1.29 is 14.3 Å². The van der Waals surface area contributed by atoms with Crippen molar-refractivity contribution in [1.82, 2.24) is 4.90 Å². The quantitative estimate of drug-likeness (QED) is 0.566. The molecule has 0 amide bonds. The zero-order valence-corrected chi connectivity index (χ0v) is 11.0. The molecular weight excluding hydrogens is 206 g/mol. The Morgan fingerprint density at radius 2 is 1.88 bits per heavy atom. The molecule has 0 saturated heterocycles. The Kier molecular flexibility index (Phi) is 9.24. The summed E-state index contributed by atoms with van der Waals surface area (Å²) in [6.45, 7) is 8.34. The lowest BCUT2D eigenvalue weighted by Gasteiger charge is -2.29. The third-order valence-corrected chi connectivity index (χ3v) is 2.68.